The van der Waals surface area contributed by atoms with E-state index >= 15 is 0 Å². The van der Waals surface area contributed by atoms with E-state index in [1.165, 1.54) is 82.0 Å². The van der Waals surface area contributed by atoms with Crippen molar-refractivity contribution in [3.05, 3.63) is 0 Å². The molecule has 2 heteroatoms. The maximum Gasteiger partial charge on any atom is 0.0812 e. The summed E-state index contributed by atoms with van der Waals surface area (Å²) >= 11 is 0. The highest BCUT2D eigenvalue weighted by Gasteiger charge is 2.30. The molecule has 1 heterocycles. The maximum atomic E-state index is 2.50. The largest absolute Gasteiger partial charge is 1.00 e. The first kappa shape index (κ1) is 20.2. The van der Waals surface area contributed by atoms with Gasteiger partial charge in [-0.25, -0.2) is 0 Å². The SMILES string of the molecule is CCC[N+]1(CC(C)CCCC(C)CC)CCCCC1.[Cl-]. The van der Waals surface area contributed by atoms with Gasteiger partial charge in [-0.1, -0.05) is 47.0 Å². The zero-order valence-corrected chi connectivity index (χ0v) is 15.2. The van der Waals surface area contributed by atoms with Crippen LogP contribution in [0.15, 0.2) is 0 Å². The fourth-order valence-corrected chi connectivity index (χ4v) is 3.93. The molecule has 122 valence electrons. The third-order valence-corrected chi connectivity index (χ3v) is 5.25. The first-order valence-electron chi connectivity index (χ1n) is 8.97. The number of quaternary nitrogens is 1. The molecule has 2 atom stereocenters. The molecule has 0 bridgehead atoms. The minimum absolute atomic E-state index is 0. The Balaban J connectivity index is 0.00000361. The second-order valence-electron chi connectivity index (χ2n) is 7.31. The van der Waals surface area contributed by atoms with E-state index < -0.39 is 0 Å². The molecule has 2 unspecified atom stereocenters. The highest BCUT2D eigenvalue weighted by Crippen LogP contribution is 2.24. The lowest BCUT2D eigenvalue weighted by Crippen LogP contribution is -3.00. The number of likely N-dealkylation sites (tertiary alicyclic amines) is 1. The molecule has 0 aromatic rings. The molecule has 0 N–H and O–H groups in total. The smallest absolute Gasteiger partial charge is 0.0812 e. The Bertz CT molecular complexity index is 218. The van der Waals surface area contributed by atoms with E-state index in [0.29, 0.717) is 0 Å². The minimum atomic E-state index is 0. The normalized spacial score (nSPS) is 21.0. The third-order valence-electron chi connectivity index (χ3n) is 5.25. The number of piperidine rings is 1. The fourth-order valence-electron chi connectivity index (χ4n) is 3.93. The summed E-state index contributed by atoms with van der Waals surface area (Å²) in [4.78, 5) is 0. The van der Waals surface area contributed by atoms with E-state index in [1.54, 1.807) is 0 Å². The van der Waals surface area contributed by atoms with E-state index in [1.807, 2.05) is 0 Å². The Hall–Kier alpha value is 0.250. The van der Waals surface area contributed by atoms with Gasteiger partial charge < -0.3 is 16.9 Å². The van der Waals surface area contributed by atoms with Gasteiger partial charge in [0, 0.05) is 5.92 Å². The van der Waals surface area contributed by atoms with Crippen LogP contribution in [0.2, 0.25) is 0 Å². The van der Waals surface area contributed by atoms with Crippen LogP contribution >= 0.6 is 0 Å². The summed E-state index contributed by atoms with van der Waals surface area (Å²) in [6.45, 7) is 15.4. The molecule has 1 saturated heterocycles. The fraction of sp³-hybridized carbons (Fsp3) is 1.00. The van der Waals surface area contributed by atoms with Crippen molar-refractivity contribution in [2.24, 2.45) is 11.8 Å². The average Bonchev–Trinajstić information content (AvgIpc) is 2.39. The van der Waals surface area contributed by atoms with Crippen LogP contribution in [-0.4, -0.2) is 30.7 Å². The number of hydrogen-bond donors (Lipinski definition) is 0. The van der Waals surface area contributed by atoms with Crippen molar-refractivity contribution in [1.82, 2.24) is 0 Å². The van der Waals surface area contributed by atoms with E-state index in [9.17, 15) is 0 Å². The summed E-state index contributed by atoms with van der Waals surface area (Å²) in [6.07, 6.45) is 11.5. The number of halogens is 1. The molecule has 0 spiro atoms. The van der Waals surface area contributed by atoms with Gasteiger partial charge in [0.15, 0.2) is 0 Å². The van der Waals surface area contributed by atoms with Gasteiger partial charge in [0.25, 0.3) is 0 Å². The Morgan fingerprint density at radius 3 is 2.05 bits per heavy atom. The van der Waals surface area contributed by atoms with Gasteiger partial charge in [-0.15, -0.1) is 0 Å². The van der Waals surface area contributed by atoms with Crippen LogP contribution in [0.3, 0.4) is 0 Å². The zero-order chi connectivity index (χ0) is 14.1. The van der Waals surface area contributed by atoms with Crippen molar-refractivity contribution < 1.29 is 16.9 Å². The molecular weight excluding hydrogens is 266 g/mol. The summed E-state index contributed by atoms with van der Waals surface area (Å²) in [5.74, 6) is 1.86. The van der Waals surface area contributed by atoms with Crippen LogP contribution in [0.25, 0.3) is 0 Å². The van der Waals surface area contributed by atoms with Crippen LogP contribution in [0.4, 0.5) is 0 Å². The van der Waals surface area contributed by atoms with E-state index in [0.717, 1.165) is 11.8 Å². The van der Waals surface area contributed by atoms with Crippen LogP contribution in [-0.2, 0) is 0 Å². The van der Waals surface area contributed by atoms with Gasteiger partial charge in [-0.05, 0) is 38.0 Å². The monoisotopic (exact) mass is 303 g/mol. The van der Waals surface area contributed by atoms with Gasteiger partial charge >= 0.3 is 0 Å². The summed E-state index contributed by atoms with van der Waals surface area (Å²) in [5, 5.41) is 0. The zero-order valence-electron chi connectivity index (χ0n) is 14.5. The van der Waals surface area contributed by atoms with Crippen molar-refractivity contribution in [2.45, 2.75) is 79.1 Å². The summed E-state index contributed by atoms with van der Waals surface area (Å²) in [7, 11) is 0. The first-order chi connectivity index (χ1) is 9.12. The van der Waals surface area contributed by atoms with Crippen LogP contribution in [0.1, 0.15) is 79.1 Å². The number of nitrogens with zero attached hydrogens (tertiary/aromatic N) is 1. The van der Waals surface area contributed by atoms with E-state index in [4.69, 9.17) is 0 Å². The van der Waals surface area contributed by atoms with Crippen molar-refractivity contribution in [3.63, 3.8) is 0 Å². The van der Waals surface area contributed by atoms with Crippen molar-refractivity contribution in [2.75, 3.05) is 26.2 Å². The Kier molecular flexibility index (Phi) is 11.0. The summed E-state index contributed by atoms with van der Waals surface area (Å²) in [5.41, 5.74) is 0. The molecule has 0 amide bonds. The Labute approximate surface area is 134 Å². The van der Waals surface area contributed by atoms with Crippen LogP contribution < -0.4 is 12.4 Å². The second-order valence-corrected chi connectivity index (χ2v) is 7.31. The molecule has 0 aromatic carbocycles. The molecule has 1 nitrogen and oxygen atoms in total. The molecule has 0 aliphatic carbocycles. The van der Waals surface area contributed by atoms with Gasteiger partial charge in [-0.2, -0.15) is 0 Å². The summed E-state index contributed by atoms with van der Waals surface area (Å²) < 4.78 is 1.45. The lowest BCUT2D eigenvalue weighted by Gasteiger charge is -2.43. The van der Waals surface area contributed by atoms with Crippen molar-refractivity contribution in [1.29, 1.82) is 0 Å². The molecule has 1 aliphatic heterocycles. The highest BCUT2D eigenvalue weighted by molar-refractivity contribution is 4.60. The molecule has 1 rings (SSSR count). The molecule has 0 saturated carbocycles. The standard InChI is InChI=1S/C18H38N.ClH/c1-5-13-19(14-8-7-9-15-19)16-18(4)12-10-11-17(3)6-2;/h17-18H,5-16H2,1-4H3;1H/q+1;/p-1. The second kappa shape index (κ2) is 10.9. The molecular formula is C18H38ClN. The van der Waals surface area contributed by atoms with Crippen molar-refractivity contribution in [3.8, 4) is 0 Å². The van der Waals surface area contributed by atoms with E-state index in [2.05, 4.69) is 27.7 Å². The molecule has 0 aromatic heterocycles. The predicted molar refractivity (Wildman–Crippen MR) is 86.3 cm³/mol. The number of hydrogen-bond acceptors (Lipinski definition) is 0. The third kappa shape index (κ3) is 7.31. The topological polar surface area (TPSA) is 0 Å². The van der Waals surface area contributed by atoms with Crippen molar-refractivity contribution >= 4 is 0 Å². The quantitative estimate of drug-likeness (QED) is 0.573. The predicted octanol–water partition coefficient (Wildman–Crippen LogP) is 2.25. The number of rotatable bonds is 9. The highest BCUT2D eigenvalue weighted by atomic mass is 35.5. The van der Waals surface area contributed by atoms with Crippen LogP contribution in [0, 0.1) is 11.8 Å². The molecule has 1 aliphatic rings. The molecule has 1 fully saturated rings. The van der Waals surface area contributed by atoms with Gasteiger partial charge in [0.05, 0.1) is 26.2 Å². The molecule has 0 radical (unpaired) electrons. The average molecular weight is 304 g/mol. The maximum absolute atomic E-state index is 2.50. The van der Waals surface area contributed by atoms with Gasteiger partial charge in [-0.3, -0.25) is 0 Å². The van der Waals surface area contributed by atoms with Gasteiger partial charge in [0.2, 0.25) is 0 Å². The van der Waals surface area contributed by atoms with Crippen LogP contribution in [0.5, 0.6) is 0 Å². The molecule has 20 heavy (non-hydrogen) atoms. The van der Waals surface area contributed by atoms with E-state index in [-0.39, 0.29) is 12.4 Å². The summed E-state index contributed by atoms with van der Waals surface area (Å²) in [6, 6.07) is 0. The van der Waals surface area contributed by atoms with Gasteiger partial charge in [0.1, 0.15) is 0 Å². The Morgan fingerprint density at radius 1 is 0.900 bits per heavy atom. The lowest BCUT2D eigenvalue weighted by molar-refractivity contribution is -0.935. The Morgan fingerprint density at radius 2 is 1.50 bits per heavy atom. The minimum Gasteiger partial charge on any atom is -1.00 e. The lowest BCUT2D eigenvalue weighted by atomic mass is 9.95. The first-order valence-corrected chi connectivity index (χ1v) is 8.97.